The van der Waals surface area contributed by atoms with Crippen molar-refractivity contribution in [3.63, 3.8) is 0 Å². The van der Waals surface area contributed by atoms with Crippen molar-refractivity contribution in [2.24, 2.45) is 11.7 Å². The normalized spacial score (nSPS) is 24.5. The SMILES string of the molecule is CC(C)CSC1Cc2ccccc2C1N. The Morgan fingerprint density at radius 3 is 2.80 bits per heavy atom. The van der Waals surface area contributed by atoms with Gasteiger partial charge in [0.15, 0.2) is 0 Å². The molecule has 82 valence electrons. The van der Waals surface area contributed by atoms with Crippen molar-refractivity contribution in [2.75, 3.05) is 5.75 Å². The lowest BCUT2D eigenvalue weighted by molar-refractivity contribution is 0.712. The molecule has 0 saturated carbocycles. The number of rotatable bonds is 3. The summed E-state index contributed by atoms with van der Waals surface area (Å²) >= 11 is 2.03. The summed E-state index contributed by atoms with van der Waals surface area (Å²) in [5.74, 6) is 1.97. The van der Waals surface area contributed by atoms with Crippen LogP contribution in [0.15, 0.2) is 24.3 Å². The van der Waals surface area contributed by atoms with E-state index in [2.05, 4.69) is 38.1 Å². The van der Waals surface area contributed by atoms with Gasteiger partial charge in [0.2, 0.25) is 0 Å². The molecule has 15 heavy (non-hydrogen) atoms. The van der Waals surface area contributed by atoms with Crippen LogP contribution in [0.5, 0.6) is 0 Å². The van der Waals surface area contributed by atoms with E-state index in [4.69, 9.17) is 5.73 Å². The second-order valence-electron chi connectivity index (χ2n) is 4.69. The van der Waals surface area contributed by atoms with Crippen molar-refractivity contribution < 1.29 is 0 Å². The van der Waals surface area contributed by atoms with Gasteiger partial charge in [-0.2, -0.15) is 11.8 Å². The van der Waals surface area contributed by atoms with Gasteiger partial charge in [-0.3, -0.25) is 0 Å². The van der Waals surface area contributed by atoms with E-state index in [0.717, 1.165) is 12.3 Å². The first kappa shape index (κ1) is 11.0. The van der Waals surface area contributed by atoms with E-state index in [-0.39, 0.29) is 6.04 Å². The van der Waals surface area contributed by atoms with Crippen molar-refractivity contribution in [1.29, 1.82) is 0 Å². The smallest absolute Gasteiger partial charge is 0.0421 e. The van der Waals surface area contributed by atoms with Gasteiger partial charge in [-0.25, -0.2) is 0 Å². The summed E-state index contributed by atoms with van der Waals surface area (Å²) in [6, 6.07) is 8.83. The fourth-order valence-electron chi connectivity index (χ4n) is 2.07. The highest BCUT2D eigenvalue weighted by Crippen LogP contribution is 2.37. The van der Waals surface area contributed by atoms with Crippen LogP contribution < -0.4 is 5.73 Å². The average molecular weight is 221 g/mol. The van der Waals surface area contributed by atoms with Gasteiger partial charge in [-0.1, -0.05) is 38.1 Å². The second-order valence-corrected chi connectivity index (χ2v) is 5.97. The van der Waals surface area contributed by atoms with Crippen LogP contribution in [0.4, 0.5) is 0 Å². The first-order valence-corrected chi connectivity index (χ1v) is 6.68. The molecule has 0 aromatic heterocycles. The van der Waals surface area contributed by atoms with E-state index in [9.17, 15) is 0 Å². The molecule has 1 nitrogen and oxygen atoms in total. The van der Waals surface area contributed by atoms with Crippen LogP contribution in [0.1, 0.15) is 31.0 Å². The molecule has 0 radical (unpaired) electrons. The van der Waals surface area contributed by atoms with Gasteiger partial charge < -0.3 is 5.73 Å². The first-order valence-electron chi connectivity index (χ1n) is 5.63. The van der Waals surface area contributed by atoms with Crippen molar-refractivity contribution in [3.05, 3.63) is 35.4 Å². The van der Waals surface area contributed by atoms with Gasteiger partial charge in [0, 0.05) is 11.3 Å². The summed E-state index contributed by atoms with van der Waals surface area (Å²) in [7, 11) is 0. The quantitative estimate of drug-likeness (QED) is 0.849. The van der Waals surface area contributed by atoms with Gasteiger partial charge in [0.05, 0.1) is 0 Å². The highest BCUT2D eigenvalue weighted by Gasteiger charge is 2.29. The van der Waals surface area contributed by atoms with E-state index in [1.54, 1.807) is 0 Å². The van der Waals surface area contributed by atoms with Gasteiger partial charge in [-0.05, 0) is 29.2 Å². The van der Waals surface area contributed by atoms with Gasteiger partial charge in [0.25, 0.3) is 0 Å². The maximum Gasteiger partial charge on any atom is 0.0421 e. The molecule has 0 heterocycles. The third kappa shape index (κ3) is 2.37. The molecule has 0 fully saturated rings. The molecule has 2 unspecified atom stereocenters. The highest BCUT2D eigenvalue weighted by atomic mass is 32.2. The zero-order chi connectivity index (χ0) is 10.8. The molecule has 1 aromatic rings. The fraction of sp³-hybridized carbons (Fsp3) is 0.538. The Bertz CT molecular complexity index is 335. The van der Waals surface area contributed by atoms with Crippen LogP contribution in [0.2, 0.25) is 0 Å². The zero-order valence-corrected chi connectivity index (χ0v) is 10.3. The Morgan fingerprint density at radius 2 is 2.13 bits per heavy atom. The monoisotopic (exact) mass is 221 g/mol. The van der Waals surface area contributed by atoms with E-state index >= 15 is 0 Å². The fourth-order valence-corrected chi connectivity index (χ4v) is 3.35. The maximum absolute atomic E-state index is 6.26. The zero-order valence-electron chi connectivity index (χ0n) is 9.44. The number of nitrogens with two attached hydrogens (primary N) is 1. The molecule has 1 aliphatic carbocycles. The predicted octanol–water partition coefficient (Wildman–Crippen LogP) is 3.00. The number of hydrogen-bond donors (Lipinski definition) is 1. The minimum absolute atomic E-state index is 0.241. The Morgan fingerprint density at radius 1 is 1.40 bits per heavy atom. The molecular formula is C13H19NS. The molecule has 2 N–H and O–H groups in total. The standard InChI is InChI=1S/C13H19NS/c1-9(2)8-15-12-7-10-5-3-4-6-11(10)13(12)14/h3-6,9,12-13H,7-8,14H2,1-2H3. The maximum atomic E-state index is 6.26. The molecular weight excluding hydrogens is 202 g/mol. The number of hydrogen-bond acceptors (Lipinski definition) is 2. The van der Waals surface area contributed by atoms with Crippen molar-refractivity contribution in [1.82, 2.24) is 0 Å². The van der Waals surface area contributed by atoms with Crippen LogP contribution in [0.3, 0.4) is 0 Å². The Kier molecular flexibility index (Phi) is 3.37. The van der Waals surface area contributed by atoms with Crippen LogP contribution in [0.25, 0.3) is 0 Å². The van der Waals surface area contributed by atoms with E-state index in [1.165, 1.54) is 16.9 Å². The highest BCUT2D eigenvalue weighted by molar-refractivity contribution is 7.99. The summed E-state index contributed by atoms with van der Waals surface area (Å²) in [5.41, 5.74) is 9.07. The lowest BCUT2D eigenvalue weighted by atomic mass is 10.1. The van der Waals surface area contributed by atoms with Crippen LogP contribution in [0, 0.1) is 5.92 Å². The molecule has 0 spiro atoms. The largest absolute Gasteiger partial charge is 0.323 e. The number of benzene rings is 1. The lowest BCUT2D eigenvalue weighted by Crippen LogP contribution is -2.20. The average Bonchev–Trinajstić information content (AvgIpc) is 2.54. The third-order valence-electron chi connectivity index (χ3n) is 2.88. The summed E-state index contributed by atoms with van der Waals surface area (Å²) in [4.78, 5) is 0. The molecule has 1 aliphatic rings. The summed E-state index contributed by atoms with van der Waals surface area (Å²) in [6.07, 6.45) is 1.15. The van der Waals surface area contributed by atoms with Crippen molar-refractivity contribution in [3.8, 4) is 0 Å². The van der Waals surface area contributed by atoms with E-state index < -0.39 is 0 Å². The van der Waals surface area contributed by atoms with Crippen LogP contribution in [-0.2, 0) is 6.42 Å². The minimum atomic E-state index is 0.241. The Hall–Kier alpha value is -0.470. The number of fused-ring (bicyclic) bond motifs is 1. The lowest BCUT2D eigenvalue weighted by Gasteiger charge is -2.16. The summed E-state index contributed by atoms with van der Waals surface area (Å²) < 4.78 is 0. The Balaban J connectivity index is 2.03. The van der Waals surface area contributed by atoms with E-state index in [0.29, 0.717) is 5.25 Å². The minimum Gasteiger partial charge on any atom is -0.323 e. The van der Waals surface area contributed by atoms with Gasteiger partial charge >= 0.3 is 0 Å². The molecule has 2 heteroatoms. The van der Waals surface area contributed by atoms with Crippen molar-refractivity contribution in [2.45, 2.75) is 31.6 Å². The Labute approximate surface area is 96.4 Å². The van der Waals surface area contributed by atoms with E-state index in [1.807, 2.05) is 11.8 Å². The van der Waals surface area contributed by atoms with Crippen LogP contribution in [-0.4, -0.2) is 11.0 Å². The topological polar surface area (TPSA) is 26.0 Å². The predicted molar refractivity (Wildman–Crippen MR) is 68.2 cm³/mol. The van der Waals surface area contributed by atoms with Gasteiger partial charge in [0.1, 0.15) is 0 Å². The molecule has 0 aliphatic heterocycles. The number of thioether (sulfide) groups is 1. The third-order valence-corrected chi connectivity index (χ3v) is 4.63. The summed E-state index contributed by atoms with van der Waals surface area (Å²) in [5, 5.41) is 0.588. The molecule has 1 aromatic carbocycles. The van der Waals surface area contributed by atoms with Crippen molar-refractivity contribution >= 4 is 11.8 Å². The first-order chi connectivity index (χ1) is 7.18. The summed E-state index contributed by atoms with van der Waals surface area (Å²) in [6.45, 7) is 4.53. The molecule has 0 bridgehead atoms. The molecule has 0 amide bonds. The molecule has 2 atom stereocenters. The molecule has 2 rings (SSSR count). The second kappa shape index (κ2) is 4.58. The van der Waals surface area contributed by atoms with Crippen LogP contribution >= 0.6 is 11.8 Å². The van der Waals surface area contributed by atoms with Gasteiger partial charge in [-0.15, -0.1) is 0 Å². The molecule has 0 saturated heterocycles.